The second-order valence-corrected chi connectivity index (χ2v) is 5.38. The van der Waals surface area contributed by atoms with E-state index in [2.05, 4.69) is 15.0 Å². The molecular weight excluding hydrogens is 242 g/mol. The zero-order chi connectivity index (χ0) is 12.7. The third-order valence-electron chi connectivity index (χ3n) is 2.12. The Morgan fingerprint density at radius 1 is 1.41 bits per heavy atom. The maximum Gasteiger partial charge on any atom is 0.213 e. The van der Waals surface area contributed by atoms with Gasteiger partial charge in [-0.3, -0.25) is 0 Å². The van der Waals surface area contributed by atoms with Crippen molar-refractivity contribution >= 4 is 10.0 Å². The van der Waals surface area contributed by atoms with Gasteiger partial charge in [-0.15, -0.1) is 0 Å². The third-order valence-corrected chi connectivity index (χ3v) is 3.45. The molecule has 7 heteroatoms. The summed E-state index contributed by atoms with van der Waals surface area (Å²) in [5.41, 5.74) is 0.791. The molecule has 0 fully saturated rings. The van der Waals surface area contributed by atoms with Crippen LogP contribution in [0.3, 0.4) is 0 Å². The zero-order valence-corrected chi connectivity index (χ0v) is 10.8. The number of methoxy groups -OCH3 is 1. The largest absolute Gasteiger partial charge is 0.481 e. The predicted octanol–water partition coefficient (Wildman–Crippen LogP) is -0.271. The second-order valence-electron chi connectivity index (χ2n) is 3.45. The van der Waals surface area contributed by atoms with Gasteiger partial charge in [-0.2, -0.15) is 0 Å². The Hall–Kier alpha value is -1.18. The van der Waals surface area contributed by atoms with Gasteiger partial charge in [0.2, 0.25) is 15.9 Å². The van der Waals surface area contributed by atoms with Crippen molar-refractivity contribution in [3.63, 3.8) is 0 Å². The normalized spacial score (nSPS) is 11.4. The van der Waals surface area contributed by atoms with E-state index in [0.29, 0.717) is 12.4 Å². The van der Waals surface area contributed by atoms with Crippen molar-refractivity contribution in [3.8, 4) is 5.88 Å². The lowest BCUT2D eigenvalue weighted by Crippen LogP contribution is -2.30. The first-order valence-electron chi connectivity index (χ1n) is 5.18. The van der Waals surface area contributed by atoms with Gasteiger partial charge in [-0.05, 0) is 12.6 Å². The van der Waals surface area contributed by atoms with Gasteiger partial charge in [-0.25, -0.2) is 18.1 Å². The van der Waals surface area contributed by atoms with E-state index in [0.717, 1.165) is 5.56 Å². The van der Waals surface area contributed by atoms with E-state index in [9.17, 15) is 8.42 Å². The predicted molar refractivity (Wildman–Crippen MR) is 65.3 cm³/mol. The molecule has 0 radical (unpaired) electrons. The molecule has 0 atom stereocenters. The molecule has 96 valence electrons. The number of hydrogen-bond donors (Lipinski definition) is 2. The van der Waals surface area contributed by atoms with Crippen molar-refractivity contribution in [2.75, 3.05) is 26.5 Å². The van der Waals surface area contributed by atoms with Crippen molar-refractivity contribution in [2.45, 2.75) is 6.54 Å². The van der Waals surface area contributed by atoms with Gasteiger partial charge in [0.15, 0.2) is 0 Å². The van der Waals surface area contributed by atoms with Crippen LogP contribution in [0.1, 0.15) is 5.56 Å². The number of nitrogens with one attached hydrogen (secondary N) is 2. The number of sulfonamides is 1. The lowest BCUT2D eigenvalue weighted by molar-refractivity contribution is 0.397. The van der Waals surface area contributed by atoms with Gasteiger partial charge in [0.1, 0.15) is 0 Å². The van der Waals surface area contributed by atoms with E-state index < -0.39 is 10.0 Å². The molecule has 0 unspecified atom stereocenters. The van der Waals surface area contributed by atoms with Crippen molar-refractivity contribution in [2.24, 2.45) is 0 Å². The number of ether oxygens (including phenoxy) is 1. The first-order valence-corrected chi connectivity index (χ1v) is 6.83. The number of aromatic nitrogens is 1. The van der Waals surface area contributed by atoms with E-state index in [1.165, 1.54) is 7.11 Å². The maximum atomic E-state index is 11.5. The van der Waals surface area contributed by atoms with Crippen LogP contribution in [0.15, 0.2) is 18.3 Å². The molecule has 1 rings (SSSR count). The minimum absolute atomic E-state index is 0.0626. The fraction of sp³-hybridized carbons (Fsp3) is 0.500. The molecule has 0 aromatic carbocycles. The summed E-state index contributed by atoms with van der Waals surface area (Å²) in [6.07, 6.45) is 1.58. The van der Waals surface area contributed by atoms with Crippen molar-refractivity contribution < 1.29 is 13.2 Å². The van der Waals surface area contributed by atoms with Gasteiger partial charge in [0, 0.05) is 25.4 Å². The molecule has 0 saturated heterocycles. The standard InChI is InChI=1S/C10H17N3O3S/c1-11-5-6-17(14,15)13-8-9-3-4-10(16-2)12-7-9/h3-4,7,11,13H,5-6,8H2,1-2H3. The van der Waals surface area contributed by atoms with Crippen molar-refractivity contribution in [1.29, 1.82) is 0 Å². The van der Waals surface area contributed by atoms with Crippen LogP contribution in [0.25, 0.3) is 0 Å². The molecule has 6 nitrogen and oxygen atoms in total. The summed E-state index contributed by atoms with van der Waals surface area (Å²) in [6, 6.07) is 3.46. The minimum atomic E-state index is -3.23. The summed E-state index contributed by atoms with van der Waals surface area (Å²) in [4.78, 5) is 3.99. The number of pyridine rings is 1. The molecule has 0 aliphatic rings. The first-order chi connectivity index (χ1) is 8.07. The fourth-order valence-electron chi connectivity index (χ4n) is 1.14. The van der Waals surface area contributed by atoms with E-state index >= 15 is 0 Å². The van der Waals surface area contributed by atoms with Crippen molar-refractivity contribution in [1.82, 2.24) is 15.0 Å². The van der Waals surface area contributed by atoms with Gasteiger partial charge in [0.05, 0.1) is 12.9 Å². The Morgan fingerprint density at radius 3 is 2.71 bits per heavy atom. The Kier molecular flexibility index (Phi) is 5.33. The molecule has 0 aliphatic carbocycles. The van der Waals surface area contributed by atoms with Gasteiger partial charge < -0.3 is 10.1 Å². The minimum Gasteiger partial charge on any atom is -0.481 e. The van der Waals surface area contributed by atoms with Crippen LogP contribution in [-0.4, -0.2) is 39.9 Å². The summed E-state index contributed by atoms with van der Waals surface area (Å²) < 4.78 is 30.4. The fourth-order valence-corrected chi connectivity index (χ4v) is 2.14. The van der Waals surface area contributed by atoms with E-state index in [-0.39, 0.29) is 12.3 Å². The monoisotopic (exact) mass is 259 g/mol. The molecule has 1 heterocycles. The average Bonchev–Trinajstić information content (AvgIpc) is 2.35. The van der Waals surface area contributed by atoms with Crippen LogP contribution in [-0.2, 0) is 16.6 Å². The van der Waals surface area contributed by atoms with Crippen molar-refractivity contribution in [3.05, 3.63) is 23.9 Å². The molecule has 0 bridgehead atoms. The lowest BCUT2D eigenvalue weighted by atomic mass is 10.3. The summed E-state index contributed by atoms with van der Waals surface area (Å²) >= 11 is 0. The Balaban J connectivity index is 2.49. The molecule has 17 heavy (non-hydrogen) atoms. The summed E-state index contributed by atoms with van der Waals surface area (Å²) in [6.45, 7) is 0.666. The lowest BCUT2D eigenvalue weighted by Gasteiger charge is -2.06. The molecule has 0 aliphatic heterocycles. The number of nitrogens with zero attached hydrogens (tertiary/aromatic N) is 1. The van der Waals surface area contributed by atoms with E-state index in [1.807, 2.05) is 0 Å². The first kappa shape index (κ1) is 13.9. The van der Waals surface area contributed by atoms with Crippen LogP contribution >= 0.6 is 0 Å². The van der Waals surface area contributed by atoms with Crippen LogP contribution in [0, 0.1) is 0 Å². The number of hydrogen-bond acceptors (Lipinski definition) is 5. The molecule has 1 aromatic heterocycles. The molecule has 0 amide bonds. The second kappa shape index (κ2) is 6.53. The molecule has 0 saturated carbocycles. The Bertz CT molecular complexity index is 431. The highest BCUT2D eigenvalue weighted by molar-refractivity contribution is 7.89. The summed E-state index contributed by atoms with van der Waals surface area (Å²) in [7, 11) is 0.0123. The molecule has 1 aromatic rings. The van der Waals surface area contributed by atoms with E-state index in [4.69, 9.17) is 4.74 Å². The average molecular weight is 259 g/mol. The van der Waals surface area contributed by atoms with Gasteiger partial charge in [0.25, 0.3) is 0 Å². The van der Waals surface area contributed by atoms with Crippen LogP contribution in [0.2, 0.25) is 0 Å². The maximum absolute atomic E-state index is 11.5. The third kappa shape index (κ3) is 5.12. The number of rotatable bonds is 7. The van der Waals surface area contributed by atoms with Crippen LogP contribution in [0.4, 0.5) is 0 Å². The highest BCUT2D eigenvalue weighted by Crippen LogP contribution is 2.06. The molecule has 0 spiro atoms. The Labute approximate surface area is 101 Å². The molecule has 2 N–H and O–H groups in total. The highest BCUT2D eigenvalue weighted by atomic mass is 32.2. The topological polar surface area (TPSA) is 80.3 Å². The zero-order valence-electron chi connectivity index (χ0n) is 9.93. The molecular formula is C10H17N3O3S. The quantitative estimate of drug-likeness (QED) is 0.704. The van der Waals surface area contributed by atoms with E-state index in [1.54, 1.807) is 25.4 Å². The SMILES string of the molecule is CNCCS(=O)(=O)NCc1ccc(OC)nc1. The van der Waals surface area contributed by atoms with Gasteiger partial charge in [-0.1, -0.05) is 6.07 Å². The van der Waals surface area contributed by atoms with Gasteiger partial charge >= 0.3 is 0 Å². The summed E-state index contributed by atoms with van der Waals surface area (Å²) in [5, 5.41) is 2.79. The van der Waals surface area contributed by atoms with Crippen LogP contribution in [0.5, 0.6) is 5.88 Å². The van der Waals surface area contributed by atoms with Crippen LogP contribution < -0.4 is 14.8 Å². The Morgan fingerprint density at radius 2 is 2.18 bits per heavy atom. The summed E-state index contributed by atoms with van der Waals surface area (Å²) in [5.74, 6) is 0.569. The highest BCUT2D eigenvalue weighted by Gasteiger charge is 2.08. The smallest absolute Gasteiger partial charge is 0.213 e.